The van der Waals surface area contributed by atoms with Crippen molar-refractivity contribution in [1.82, 2.24) is 0 Å². The summed E-state index contributed by atoms with van der Waals surface area (Å²) < 4.78 is 131. The van der Waals surface area contributed by atoms with Crippen molar-refractivity contribution in [3.8, 4) is 0 Å². The van der Waals surface area contributed by atoms with Gasteiger partial charge < -0.3 is 0 Å². The number of rotatable bonds is 2. The standard InChI is InChI=1S/C14H2F10O4/c15-3-1(4(16)8(20)11(23)7(3)19)13(25)27-28-14(26)2-5(17)9(21)12(24)10(22)6(2)18/h3,7H. The number of carbonyl (C=O) groups is 2. The lowest BCUT2D eigenvalue weighted by atomic mass is 9.99. The van der Waals surface area contributed by atoms with E-state index in [0.29, 0.717) is 0 Å². The van der Waals surface area contributed by atoms with Gasteiger partial charge in [0.25, 0.3) is 0 Å². The van der Waals surface area contributed by atoms with Gasteiger partial charge in [-0.1, -0.05) is 0 Å². The Morgan fingerprint density at radius 3 is 1.54 bits per heavy atom. The van der Waals surface area contributed by atoms with Crippen LogP contribution in [0.4, 0.5) is 43.9 Å². The minimum Gasteiger partial charge on any atom is -0.242 e. The molecule has 2 rings (SSSR count). The third-order valence-electron chi connectivity index (χ3n) is 3.24. The highest BCUT2D eigenvalue weighted by Crippen LogP contribution is 2.37. The van der Waals surface area contributed by atoms with Gasteiger partial charge in [0.05, 0.1) is 0 Å². The molecule has 0 aliphatic heterocycles. The fraction of sp³-hybridized carbons (Fsp3) is 0.143. The molecule has 1 aliphatic carbocycles. The SMILES string of the molecule is O=C(OOC(=O)c1c(F)c(F)c(F)c(F)c1F)C1=C(F)C(F)=C(F)C(F)C1F. The van der Waals surface area contributed by atoms with Crippen molar-refractivity contribution < 1.29 is 63.3 Å². The van der Waals surface area contributed by atoms with Crippen molar-refractivity contribution in [3.05, 3.63) is 57.7 Å². The number of alkyl halides is 2. The summed E-state index contributed by atoms with van der Waals surface area (Å²) >= 11 is 0. The van der Waals surface area contributed by atoms with E-state index in [9.17, 15) is 53.5 Å². The van der Waals surface area contributed by atoms with Crippen LogP contribution in [0.25, 0.3) is 0 Å². The van der Waals surface area contributed by atoms with E-state index >= 15 is 0 Å². The maximum atomic E-state index is 13.5. The number of carbonyl (C=O) groups excluding carboxylic acids is 2. The van der Waals surface area contributed by atoms with Gasteiger partial charge in [-0.25, -0.2) is 63.3 Å². The van der Waals surface area contributed by atoms with Crippen LogP contribution >= 0.6 is 0 Å². The van der Waals surface area contributed by atoms with E-state index in [2.05, 4.69) is 9.78 Å². The largest absolute Gasteiger partial charge is 0.392 e. The van der Waals surface area contributed by atoms with E-state index in [1.54, 1.807) is 0 Å². The summed E-state index contributed by atoms with van der Waals surface area (Å²) in [6.45, 7) is 0. The van der Waals surface area contributed by atoms with Gasteiger partial charge in [0.1, 0.15) is 11.1 Å². The summed E-state index contributed by atoms with van der Waals surface area (Å²) in [5, 5.41) is 0. The monoisotopic (exact) mass is 424 g/mol. The minimum absolute atomic E-state index is 2.14. The van der Waals surface area contributed by atoms with E-state index in [-0.39, 0.29) is 0 Å². The second-order valence-corrected chi connectivity index (χ2v) is 4.88. The van der Waals surface area contributed by atoms with Gasteiger partial charge >= 0.3 is 11.9 Å². The Balaban J connectivity index is 2.28. The zero-order chi connectivity index (χ0) is 21.5. The molecule has 0 N–H and O–H groups in total. The Hall–Kier alpha value is -3.06. The molecule has 2 atom stereocenters. The summed E-state index contributed by atoms with van der Waals surface area (Å²) in [5.41, 5.74) is -4.39. The minimum atomic E-state index is -3.48. The van der Waals surface area contributed by atoms with Gasteiger partial charge in [0, 0.05) is 0 Å². The molecule has 0 heterocycles. The molecule has 0 saturated carbocycles. The maximum Gasteiger partial charge on any atom is 0.392 e. The molecular weight excluding hydrogens is 422 g/mol. The van der Waals surface area contributed by atoms with Crippen LogP contribution < -0.4 is 0 Å². The Morgan fingerprint density at radius 2 is 1.04 bits per heavy atom. The van der Waals surface area contributed by atoms with Crippen LogP contribution in [0.1, 0.15) is 10.4 Å². The molecule has 0 aromatic heterocycles. The van der Waals surface area contributed by atoms with Gasteiger partial charge in [-0.05, 0) is 0 Å². The van der Waals surface area contributed by atoms with Crippen LogP contribution in [-0.2, 0) is 14.6 Å². The van der Waals surface area contributed by atoms with Crippen LogP contribution in [0.2, 0.25) is 0 Å². The molecule has 28 heavy (non-hydrogen) atoms. The number of halogens is 10. The third kappa shape index (κ3) is 3.29. The topological polar surface area (TPSA) is 52.6 Å². The quantitative estimate of drug-likeness (QED) is 0.236. The van der Waals surface area contributed by atoms with Crippen molar-refractivity contribution >= 4 is 11.9 Å². The average Bonchev–Trinajstić information content (AvgIpc) is 2.66. The Kier molecular flexibility index (Phi) is 5.70. The van der Waals surface area contributed by atoms with E-state index in [0.717, 1.165) is 0 Å². The van der Waals surface area contributed by atoms with Gasteiger partial charge in [-0.15, -0.1) is 0 Å². The van der Waals surface area contributed by atoms with Gasteiger partial charge in [-0.3, -0.25) is 0 Å². The van der Waals surface area contributed by atoms with E-state index < -0.39 is 82.0 Å². The molecule has 0 bridgehead atoms. The zero-order valence-electron chi connectivity index (χ0n) is 12.6. The van der Waals surface area contributed by atoms with Crippen LogP contribution in [0, 0.1) is 29.1 Å². The Bertz CT molecular complexity index is 910. The molecule has 14 heteroatoms. The lowest BCUT2D eigenvalue weighted by Gasteiger charge is -2.19. The van der Waals surface area contributed by atoms with Crippen LogP contribution in [-0.4, -0.2) is 24.3 Å². The third-order valence-corrected chi connectivity index (χ3v) is 3.24. The molecule has 0 amide bonds. The van der Waals surface area contributed by atoms with Crippen LogP contribution in [0.15, 0.2) is 23.1 Å². The van der Waals surface area contributed by atoms with Crippen molar-refractivity contribution in [2.45, 2.75) is 12.3 Å². The fourth-order valence-electron chi connectivity index (χ4n) is 1.89. The Labute approximate surface area is 146 Å². The summed E-state index contributed by atoms with van der Waals surface area (Å²) in [6.07, 6.45) is -6.95. The predicted molar refractivity (Wildman–Crippen MR) is 64.9 cm³/mol. The molecule has 0 spiro atoms. The van der Waals surface area contributed by atoms with Gasteiger partial charge in [-0.2, -0.15) is 0 Å². The number of hydrogen-bond acceptors (Lipinski definition) is 4. The van der Waals surface area contributed by atoms with Gasteiger partial charge in [0.2, 0.25) is 5.82 Å². The molecule has 1 aromatic carbocycles. The summed E-state index contributed by atoms with van der Waals surface area (Å²) in [4.78, 5) is 29.6. The van der Waals surface area contributed by atoms with Crippen LogP contribution in [0.3, 0.4) is 0 Å². The summed E-state index contributed by atoms with van der Waals surface area (Å²) in [6, 6.07) is 0. The first-order valence-corrected chi connectivity index (χ1v) is 6.59. The Morgan fingerprint density at radius 1 is 0.607 bits per heavy atom. The highest BCUT2D eigenvalue weighted by atomic mass is 19.2. The normalized spacial score (nSPS) is 19.8. The number of benzene rings is 1. The van der Waals surface area contributed by atoms with Crippen molar-refractivity contribution in [2.24, 2.45) is 0 Å². The number of allylic oxidation sites excluding steroid dienone is 3. The molecule has 1 aliphatic rings. The van der Waals surface area contributed by atoms with Crippen molar-refractivity contribution in [1.29, 1.82) is 0 Å². The molecule has 2 unspecified atom stereocenters. The molecular formula is C14H2F10O4. The first kappa shape index (κ1) is 21.2. The molecule has 0 saturated heterocycles. The zero-order valence-corrected chi connectivity index (χ0v) is 12.6. The maximum absolute atomic E-state index is 13.5. The highest BCUT2D eigenvalue weighted by molar-refractivity contribution is 5.93. The van der Waals surface area contributed by atoms with Crippen molar-refractivity contribution in [3.63, 3.8) is 0 Å². The molecule has 0 fully saturated rings. The van der Waals surface area contributed by atoms with E-state index in [4.69, 9.17) is 0 Å². The second kappa shape index (κ2) is 7.52. The highest BCUT2D eigenvalue weighted by Gasteiger charge is 2.44. The smallest absolute Gasteiger partial charge is 0.242 e. The fourth-order valence-corrected chi connectivity index (χ4v) is 1.89. The first-order chi connectivity index (χ1) is 12.9. The van der Waals surface area contributed by atoms with Crippen LogP contribution in [0.5, 0.6) is 0 Å². The first-order valence-electron chi connectivity index (χ1n) is 6.59. The lowest BCUT2D eigenvalue weighted by molar-refractivity contribution is -0.230. The second-order valence-electron chi connectivity index (χ2n) is 4.88. The van der Waals surface area contributed by atoms with E-state index in [1.165, 1.54) is 0 Å². The predicted octanol–water partition coefficient (Wildman–Crippen LogP) is 4.06. The molecule has 4 nitrogen and oxygen atoms in total. The summed E-state index contributed by atoms with van der Waals surface area (Å²) in [7, 11) is 0. The van der Waals surface area contributed by atoms with Crippen molar-refractivity contribution in [2.75, 3.05) is 0 Å². The average molecular weight is 424 g/mol. The lowest BCUT2D eigenvalue weighted by Crippen LogP contribution is -2.31. The molecule has 1 aromatic rings. The molecule has 0 radical (unpaired) electrons. The van der Waals surface area contributed by atoms with Gasteiger partial charge in [0.15, 0.2) is 53.1 Å². The number of hydrogen-bond donors (Lipinski definition) is 0. The van der Waals surface area contributed by atoms with E-state index in [1.807, 2.05) is 0 Å². The summed E-state index contributed by atoms with van der Waals surface area (Å²) in [5.74, 6) is -25.9. The molecule has 152 valence electrons.